The lowest BCUT2D eigenvalue weighted by molar-refractivity contribution is 0.174. The molecule has 0 saturated carbocycles. The van der Waals surface area contributed by atoms with E-state index in [1.165, 1.54) is 11.1 Å². The van der Waals surface area contributed by atoms with Gasteiger partial charge in [0.2, 0.25) is 0 Å². The number of fused-ring (bicyclic) bond motifs is 2. The summed E-state index contributed by atoms with van der Waals surface area (Å²) in [7, 11) is 0. The van der Waals surface area contributed by atoms with Crippen molar-refractivity contribution in [2.75, 3.05) is 6.61 Å². The number of benzene rings is 2. The van der Waals surface area contributed by atoms with Crippen LogP contribution in [0.1, 0.15) is 28.2 Å². The quantitative estimate of drug-likeness (QED) is 0.815. The van der Waals surface area contributed by atoms with E-state index < -0.39 is 12.1 Å². The molecule has 1 amide bonds. The summed E-state index contributed by atoms with van der Waals surface area (Å²) in [4.78, 5) is 11.1. The molecule has 4 heteroatoms. The van der Waals surface area contributed by atoms with E-state index >= 15 is 0 Å². The molecule has 0 saturated heterocycles. The van der Waals surface area contributed by atoms with Crippen LogP contribution in [0.15, 0.2) is 48.5 Å². The van der Waals surface area contributed by atoms with Gasteiger partial charge in [-0.1, -0.05) is 48.5 Å². The monoisotopic (exact) mass is 297 g/mol. The van der Waals surface area contributed by atoms with E-state index in [0.717, 1.165) is 24.0 Å². The molecule has 3 N–H and O–H groups in total. The second-order valence-corrected chi connectivity index (χ2v) is 5.61. The lowest BCUT2D eigenvalue weighted by Gasteiger charge is -2.28. The molecule has 2 aromatic rings. The highest BCUT2D eigenvalue weighted by Gasteiger charge is 2.30. The van der Waals surface area contributed by atoms with Gasteiger partial charge in [-0.3, -0.25) is 0 Å². The van der Waals surface area contributed by atoms with Gasteiger partial charge in [-0.05, 0) is 35.1 Å². The van der Waals surface area contributed by atoms with Gasteiger partial charge in [0, 0.05) is 5.92 Å². The Kier molecular flexibility index (Phi) is 4.11. The Morgan fingerprint density at radius 1 is 1.05 bits per heavy atom. The van der Waals surface area contributed by atoms with E-state index in [-0.39, 0.29) is 12.5 Å². The van der Waals surface area contributed by atoms with Gasteiger partial charge >= 0.3 is 6.09 Å². The highest BCUT2D eigenvalue weighted by atomic mass is 16.4. The number of aliphatic hydroxyl groups excluding tert-OH is 1. The van der Waals surface area contributed by atoms with E-state index in [1.54, 1.807) is 0 Å². The van der Waals surface area contributed by atoms with Gasteiger partial charge in [-0.25, -0.2) is 4.79 Å². The predicted molar refractivity (Wildman–Crippen MR) is 84.2 cm³/mol. The van der Waals surface area contributed by atoms with Crippen LogP contribution in [0.4, 0.5) is 4.79 Å². The average Bonchev–Trinajstić information content (AvgIpc) is 2.69. The molecule has 4 nitrogen and oxygen atoms in total. The topological polar surface area (TPSA) is 69.6 Å². The van der Waals surface area contributed by atoms with Gasteiger partial charge in [0.25, 0.3) is 0 Å². The smallest absolute Gasteiger partial charge is 0.404 e. The highest BCUT2D eigenvalue weighted by molar-refractivity contribution is 5.65. The number of carboxylic acid groups (broad SMARTS) is 1. The first kappa shape index (κ1) is 14.6. The minimum Gasteiger partial charge on any atom is -0.465 e. The fourth-order valence-corrected chi connectivity index (χ4v) is 3.39. The molecule has 1 atom stereocenters. The molecule has 2 aromatic carbocycles. The van der Waals surface area contributed by atoms with Crippen molar-refractivity contribution >= 4 is 6.09 Å². The summed E-state index contributed by atoms with van der Waals surface area (Å²) >= 11 is 0. The summed E-state index contributed by atoms with van der Waals surface area (Å²) in [6.07, 6.45) is 0.738. The zero-order chi connectivity index (χ0) is 15.5. The fourth-order valence-electron chi connectivity index (χ4n) is 3.39. The van der Waals surface area contributed by atoms with Gasteiger partial charge < -0.3 is 15.5 Å². The van der Waals surface area contributed by atoms with E-state index in [1.807, 2.05) is 36.4 Å². The molecule has 0 aliphatic heterocycles. The molecule has 1 unspecified atom stereocenters. The molecule has 1 aliphatic rings. The van der Waals surface area contributed by atoms with Crippen molar-refractivity contribution in [3.63, 3.8) is 0 Å². The minimum atomic E-state index is -1.11. The number of amides is 1. The van der Waals surface area contributed by atoms with Crippen molar-refractivity contribution in [2.45, 2.75) is 24.8 Å². The van der Waals surface area contributed by atoms with E-state index in [4.69, 9.17) is 5.11 Å². The lowest BCUT2D eigenvalue weighted by Crippen LogP contribution is -2.41. The number of aliphatic hydroxyl groups is 1. The third-order valence-corrected chi connectivity index (χ3v) is 4.35. The normalized spacial score (nSPS) is 15.3. The Balaban J connectivity index is 2.15. The molecule has 3 rings (SSSR count). The molecule has 22 heavy (non-hydrogen) atoms. The molecule has 114 valence electrons. The van der Waals surface area contributed by atoms with Crippen LogP contribution in [0, 0.1) is 0 Å². The Hall–Kier alpha value is -2.33. The van der Waals surface area contributed by atoms with E-state index in [0.29, 0.717) is 0 Å². The van der Waals surface area contributed by atoms with Crippen molar-refractivity contribution in [2.24, 2.45) is 0 Å². The maximum absolute atomic E-state index is 11.1. The molecule has 0 aromatic heterocycles. The van der Waals surface area contributed by atoms with Crippen molar-refractivity contribution < 1.29 is 15.0 Å². The molecule has 0 fully saturated rings. The second-order valence-electron chi connectivity index (χ2n) is 5.61. The predicted octanol–water partition coefficient (Wildman–Crippen LogP) is 2.55. The number of nitrogens with one attached hydrogen (secondary N) is 1. The molecular formula is C18H19NO3. The first-order valence-corrected chi connectivity index (χ1v) is 7.46. The summed E-state index contributed by atoms with van der Waals surface area (Å²) < 4.78 is 0. The third-order valence-electron chi connectivity index (χ3n) is 4.35. The molecule has 0 bridgehead atoms. The lowest BCUT2D eigenvalue weighted by atomic mass is 9.83. The molecule has 0 heterocycles. The van der Waals surface area contributed by atoms with Crippen LogP contribution in [0.25, 0.3) is 0 Å². The van der Waals surface area contributed by atoms with E-state index in [9.17, 15) is 9.90 Å². The van der Waals surface area contributed by atoms with Crippen molar-refractivity contribution in [1.82, 2.24) is 5.32 Å². The van der Waals surface area contributed by atoms with Crippen LogP contribution >= 0.6 is 0 Å². The second kappa shape index (κ2) is 6.20. The zero-order valence-corrected chi connectivity index (χ0v) is 12.2. The first-order valence-electron chi connectivity index (χ1n) is 7.46. The molecule has 0 radical (unpaired) electrons. The Morgan fingerprint density at radius 3 is 2.00 bits per heavy atom. The fraction of sp³-hybridized carbons (Fsp3) is 0.278. The van der Waals surface area contributed by atoms with Gasteiger partial charge in [0.1, 0.15) is 0 Å². The molecular weight excluding hydrogens is 278 g/mol. The summed E-state index contributed by atoms with van der Waals surface area (Å²) in [5.74, 6) is -0.170. The van der Waals surface area contributed by atoms with Gasteiger partial charge in [-0.15, -0.1) is 0 Å². The number of aryl methyl sites for hydroxylation is 2. The van der Waals surface area contributed by atoms with Gasteiger partial charge in [0.15, 0.2) is 0 Å². The van der Waals surface area contributed by atoms with Crippen molar-refractivity contribution in [3.05, 3.63) is 70.8 Å². The maximum Gasteiger partial charge on any atom is 0.404 e. The number of hydrogen-bond acceptors (Lipinski definition) is 2. The Bertz CT molecular complexity index is 636. The average molecular weight is 297 g/mol. The molecule has 1 aliphatic carbocycles. The van der Waals surface area contributed by atoms with E-state index in [2.05, 4.69) is 17.4 Å². The SMILES string of the molecule is O=C(O)NC(CO)C1c2ccccc2CCc2ccccc21. The Morgan fingerprint density at radius 2 is 1.55 bits per heavy atom. The van der Waals surface area contributed by atoms with Crippen molar-refractivity contribution in [3.8, 4) is 0 Å². The maximum atomic E-state index is 11.1. The van der Waals surface area contributed by atoms with Crippen LogP contribution in [0.5, 0.6) is 0 Å². The minimum absolute atomic E-state index is 0.170. The Labute approximate surface area is 129 Å². The van der Waals surface area contributed by atoms with Gasteiger partial charge in [0.05, 0.1) is 12.6 Å². The summed E-state index contributed by atoms with van der Waals surface area (Å²) in [6.45, 7) is -0.236. The number of hydrogen-bond donors (Lipinski definition) is 3. The van der Waals surface area contributed by atoms with Crippen LogP contribution in [-0.2, 0) is 12.8 Å². The third kappa shape index (κ3) is 2.70. The van der Waals surface area contributed by atoms with Crippen LogP contribution < -0.4 is 5.32 Å². The van der Waals surface area contributed by atoms with Crippen LogP contribution in [0.3, 0.4) is 0 Å². The number of rotatable bonds is 3. The first-order chi connectivity index (χ1) is 10.7. The summed E-state index contributed by atoms with van der Waals surface area (Å²) in [6, 6.07) is 15.6. The van der Waals surface area contributed by atoms with Crippen molar-refractivity contribution in [1.29, 1.82) is 0 Å². The largest absolute Gasteiger partial charge is 0.465 e. The highest BCUT2D eigenvalue weighted by Crippen LogP contribution is 2.36. The van der Waals surface area contributed by atoms with Crippen LogP contribution in [-0.4, -0.2) is 29.0 Å². The van der Waals surface area contributed by atoms with Crippen LogP contribution in [0.2, 0.25) is 0 Å². The summed E-state index contributed by atoms with van der Waals surface area (Å²) in [5, 5.41) is 21.3. The zero-order valence-electron chi connectivity index (χ0n) is 12.2. The summed E-state index contributed by atoms with van der Waals surface area (Å²) in [5.41, 5.74) is 4.63. The number of carbonyl (C=O) groups is 1. The standard InChI is InChI=1S/C18H19NO3/c20-11-16(19-18(21)22)17-14-7-3-1-5-12(14)9-10-13-6-2-4-8-15(13)17/h1-8,16-17,19-20H,9-11H2,(H,21,22). The molecule has 0 spiro atoms. The van der Waals surface area contributed by atoms with Gasteiger partial charge in [-0.2, -0.15) is 0 Å².